The van der Waals surface area contributed by atoms with Crippen LogP contribution < -0.4 is 5.32 Å². The second-order valence-electron chi connectivity index (χ2n) is 5.08. The Hall–Kier alpha value is -1.46. The van der Waals surface area contributed by atoms with Crippen molar-refractivity contribution in [3.05, 3.63) is 30.2 Å². The number of rotatable bonds is 5. The molecule has 0 aliphatic carbocycles. The first kappa shape index (κ1) is 12.6. The van der Waals surface area contributed by atoms with E-state index >= 15 is 0 Å². The molecule has 2 aromatic rings. The van der Waals surface area contributed by atoms with Crippen molar-refractivity contribution in [1.29, 1.82) is 0 Å². The Morgan fingerprint density at radius 2 is 2.37 bits per heavy atom. The lowest BCUT2D eigenvalue weighted by Crippen LogP contribution is -2.30. The zero-order valence-corrected chi connectivity index (χ0v) is 11.1. The number of hydrogen-bond acceptors (Lipinski definition) is 4. The van der Waals surface area contributed by atoms with Crippen molar-refractivity contribution < 1.29 is 4.74 Å². The number of nitrogens with zero attached hydrogens (tertiary/aromatic N) is 3. The quantitative estimate of drug-likeness (QED) is 0.823. The van der Waals surface area contributed by atoms with Gasteiger partial charge in [-0.25, -0.2) is 0 Å². The molecule has 0 aromatic carbocycles. The Balaban J connectivity index is 1.47. The second-order valence-corrected chi connectivity index (χ2v) is 5.08. The zero-order valence-electron chi connectivity index (χ0n) is 11.1. The molecule has 0 spiro atoms. The summed E-state index contributed by atoms with van der Waals surface area (Å²) in [4.78, 5) is 0. The minimum atomic E-state index is 0.670. The molecule has 102 valence electrons. The summed E-state index contributed by atoms with van der Waals surface area (Å²) in [5.74, 6) is 1.69. The average molecular weight is 260 g/mol. The van der Waals surface area contributed by atoms with E-state index in [0.717, 1.165) is 44.2 Å². The van der Waals surface area contributed by atoms with Gasteiger partial charge in [-0.05, 0) is 30.9 Å². The van der Waals surface area contributed by atoms with E-state index in [1.165, 1.54) is 12.8 Å². The summed E-state index contributed by atoms with van der Waals surface area (Å²) in [6.07, 6.45) is 5.39. The molecule has 0 amide bonds. The van der Waals surface area contributed by atoms with Gasteiger partial charge in [-0.15, -0.1) is 10.2 Å². The summed E-state index contributed by atoms with van der Waals surface area (Å²) in [6, 6.07) is 5.96. The molecular weight excluding hydrogens is 240 g/mol. The number of nitrogens with one attached hydrogen (secondary N) is 1. The molecule has 5 nitrogen and oxygen atoms in total. The summed E-state index contributed by atoms with van der Waals surface area (Å²) < 4.78 is 7.52. The molecule has 5 heteroatoms. The summed E-state index contributed by atoms with van der Waals surface area (Å²) in [5, 5.41) is 11.9. The van der Waals surface area contributed by atoms with Gasteiger partial charge in [0.05, 0.1) is 6.61 Å². The molecule has 19 heavy (non-hydrogen) atoms. The Morgan fingerprint density at radius 3 is 3.26 bits per heavy atom. The summed E-state index contributed by atoms with van der Waals surface area (Å²) >= 11 is 0. The van der Waals surface area contributed by atoms with Crippen LogP contribution in [-0.4, -0.2) is 40.9 Å². The molecule has 1 atom stereocenters. The van der Waals surface area contributed by atoms with E-state index in [-0.39, 0.29) is 0 Å². The highest BCUT2D eigenvalue weighted by Crippen LogP contribution is 2.12. The number of fused-ring (bicyclic) bond motifs is 1. The van der Waals surface area contributed by atoms with Gasteiger partial charge in [0.2, 0.25) is 0 Å². The molecule has 1 N–H and O–H groups in total. The molecule has 0 radical (unpaired) electrons. The molecular formula is C14H20N4O. The van der Waals surface area contributed by atoms with E-state index in [1.54, 1.807) is 0 Å². The molecule has 3 rings (SSSR count). The molecule has 1 aliphatic heterocycles. The van der Waals surface area contributed by atoms with Gasteiger partial charge in [0.25, 0.3) is 0 Å². The van der Waals surface area contributed by atoms with Crippen LogP contribution in [0.1, 0.15) is 18.7 Å². The smallest absolute Gasteiger partial charge is 0.160 e. The third-order valence-electron chi connectivity index (χ3n) is 3.60. The molecule has 0 saturated carbocycles. The second kappa shape index (κ2) is 6.12. The number of ether oxygens (including phenoxy) is 1. The molecule has 3 heterocycles. The molecule has 1 aliphatic rings. The highest BCUT2D eigenvalue weighted by molar-refractivity contribution is 5.36. The Kier molecular flexibility index (Phi) is 4.05. The van der Waals surface area contributed by atoms with Crippen LogP contribution in [0.25, 0.3) is 5.65 Å². The molecule has 2 aromatic heterocycles. The van der Waals surface area contributed by atoms with Gasteiger partial charge < -0.3 is 10.1 Å². The topological polar surface area (TPSA) is 51.5 Å². The van der Waals surface area contributed by atoms with E-state index in [4.69, 9.17) is 4.74 Å². The standard InChI is InChI=1S/C14H20N4O/c1-2-8-18-13(5-1)16-17-14(18)6-7-15-10-12-4-3-9-19-11-12/h1-2,5,8,12,15H,3-4,6-7,9-11H2. The maximum absolute atomic E-state index is 5.48. The Bertz CT molecular complexity index is 519. The van der Waals surface area contributed by atoms with E-state index < -0.39 is 0 Å². The third-order valence-corrected chi connectivity index (χ3v) is 3.60. The minimum Gasteiger partial charge on any atom is -0.381 e. The average Bonchev–Trinajstić information content (AvgIpc) is 2.88. The molecule has 1 fully saturated rings. The van der Waals surface area contributed by atoms with E-state index in [0.29, 0.717) is 5.92 Å². The van der Waals surface area contributed by atoms with E-state index in [2.05, 4.69) is 15.5 Å². The fraction of sp³-hybridized carbons (Fsp3) is 0.571. The van der Waals surface area contributed by atoms with Gasteiger partial charge in [0.15, 0.2) is 5.65 Å². The first-order valence-electron chi connectivity index (χ1n) is 7.00. The Morgan fingerprint density at radius 1 is 1.37 bits per heavy atom. The predicted molar refractivity (Wildman–Crippen MR) is 73.1 cm³/mol. The van der Waals surface area contributed by atoms with Gasteiger partial charge >= 0.3 is 0 Å². The first-order chi connectivity index (χ1) is 9.43. The predicted octanol–water partition coefficient (Wildman–Crippen LogP) is 1.29. The van der Waals surface area contributed by atoms with Crippen molar-refractivity contribution in [2.45, 2.75) is 19.3 Å². The lowest BCUT2D eigenvalue weighted by Gasteiger charge is -2.22. The highest BCUT2D eigenvalue weighted by atomic mass is 16.5. The van der Waals surface area contributed by atoms with Gasteiger partial charge in [-0.2, -0.15) is 0 Å². The van der Waals surface area contributed by atoms with Crippen molar-refractivity contribution in [2.24, 2.45) is 5.92 Å². The maximum Gasteiger partial charge on any atom is 0.160 e. The maximum atomic E-state index is 5.48. The number of pyridine rings is 1. The van der Waals surface area contributed by atoms with Crippen molar-refractivity contribution in [1.82, 2.24) is 19.9 Å². The molecule has 0 bridgehead atoms. The third kappa shape index (κ3) is 3.11. The van der Waals surface area contributed by atoms with Gasteiger partial charge in [0, 0.05) is 32.3 Å². The summed E-state index contributed by atoms with van der Waals surface area (Å²) in [7, 11) is 0. The lowest BCUT2D eigenvalue weighted by atomic mass is 10.0. The fourth-order valence-corrected chi connectivity index (χ4v) is 2.54. The van der Waals surface area contributed by atoms with Crippen LogP contribution in [0.5, 0.6) is 0 Å². The van der Waals surface area contributed by atoms with Gasteiger partial charge in [-0.3, -0.25) is 4.40 Å². The van der Waals surface area contributed by atoms with E-state index in [1.807, 2.05) is 28.8 Å². The molecule has 1 saturated heterocycles. The van der Waals surface area contributed by atoms with Crippen molar-refractivity contribution >= 4 is 5.65 Å². The number of aromatic nitrogens is 3. The van der Waals surface area contributed by atoms with Crippen LogP contribution in [0, 0.1) is 5.92 Å². The zero-order chi connectivity index (χ0) is 12.9. The van der Waals surface area contributed by atoms with Crippen LogP contribution in [0.15, 0.2) is 24.4 Å². The summed E-state index contributed by atoms with van der Waals surface area (Å²) in [5.41, 5.74) is 0.915. The lowest BCUT2D eigenvalue weighted by molar-refractivity contribution is 0.0549. The first-order valence-corrected chi connectivity index (χ1v) is 7.00. The van der Waals surface area contributed by atoms with Crippen LogP contribution in [0.2, 0.25) is 0 Å². The van der Waals surface area contributed by atoms with Crippen molar-refractivity contribution in [3.8, 4) is 0 Å². The van der Waals surface area contributed by atoms with Crippen molar-refractivity contribution in [3.63, 3.8) is 0 Å². The van der Waals surface area contributed by atoms with Crippen LogP contribution in [0.3, 0.4) is 0 Å². The fourth-order valence-electron chi connectivity index (χ4n) is 2.54. The van der Waals surface area contributed by atoms with Gasteiger partial charge in [0.1, 0.15) is 5.82 Å². The minimum absolute atomic E-state index is 0.670. The van der Waals surface area contributed by atoms with Crippen LogP contribution in [0.4, 0.5) is 0 Å². The molecule has 1 unspecified atom stereocenters. The normalized spacial score (nSPS) is 19.9. The van der Waals surface area contributed by atoms with Crippen LogP contribution in [-0.2, 0) is 11.2 Å². The summed E-state index contributed by atoms with van der Waals surface area (Å²) in [6.45, 7) is 3.81. The highest BCUT2D eigenvalue weighted by Gasteiger charge is 2.13. The number of hydrogen-bond donors (Lipinski definition) is 1. The van der Waals surface area contributed by atoms with E-state index in [9.17, 15) is 0 Å². The largest absolute Gasteiger partial charge is 0.381 e. The monoisotopic (exact) mass is 260 g/mol. The van der Waals surface area contributed by atoms with Crippen molar-refractivity contribution in [2.75, 3.05) is 26.3 Å². The SMILES string of the molecule is c1ccn2c(CCNCC3CCCOC3)nnc2c1. The van der Waals surface area contributed by atoms with Crippen LogP contribution >= 0.6 is 0 Å². The Labute approximate surface area is 113 Å². The van der Waals surface area contributed by atoms with Gasteiger partial charge in [-0.1, -0.05) is 6.07 Å².